The van der Waals surface area contributed by atoms with E-state index in [1.54, 1.807) is 13.8 Å². The van der Waals surface area contributed by atoms with Crippen LogP contribution in [0.2, 0.25) is 0 Å². The van der Waals surface area contributed by atoms with Crippen molar-refractivity contribution in [1.82, 2.24) is 4.90 Å². The number of likely N-dealkylation sites (N-methyl/N-ethyl adjacent to an activating group) is 1. The third-order valence-corrected chi connectivity index (χ3v) is 1.86. The molecule has 80 valence electrons. The third-order valence-electron chi connectivity index (χ3n) is 1.86. The normalized spacial score (nSPS) is 11.9. The highest BCUT2D eigenvalue weighted by molar-refractivity contribution is 6.34. The molecule has 0 aliphatic rings. The van der Waals surface area contributed by atoms with Gasteiger partial charge in [-0.25, -0.2) is 4.79 Å². The Morgan fingerprint density at radius 2 is 1.86 bits per heavy atom. The molecule has 0 fully saturated rings. The summed E-state index contributed by atoms with van der Waals surface area (Å²) >= 11 is 0. The molecule has 14 heavy (non-hydrogen) atoms. The first-order valence-electron chi connectivity index (χ1n) is 4.28. The average Bonchev–Trinajstić information content (AvgIpc) is 2.11. The summed E-state index contributed by atoms with van der Waals surface area (Å²) in [4.78, 5) is 33.4. The number of carboxylic acids is 1. The van der Waals surface area contributed by atoms with Gasteiger partial charge in [-0.05, 0) is 13.3 Å². The van der Waals surface area contributed by atoms with Gasteiger partial charge in [-0.15, -0.1) is 0 Å². The van der Waals surface area contributed by atoms with Gasteiger partial charge in [0.15, 0.2) is 0 Å². The molecule has 1 atom stereocenters. The molecule has 0 rings (SSSR count). The summed E-state index contributed by atoms with van der Waals surface area (Å²) in [5.41, 5.74) is 4.78. The fourth-order valence-corrected chi connectivity index (χ4v) is 1.18. The summed E-state index contributed by atoms with van der Waals surface area (Å²) in [7, 11) is 0. The van der Waals surface area contributed by atoms with Crippen molar-refractivity contribution in [3.05, 3.63) is 0 Å². The largest absolute Gasteiger partial charge is 0.480 e. The van der Waals surface area contributed by atoms with Crippen molar-refractivity contribution < 1.29 is 19.5 Å². The number of primary amides is 1. The zero-order chi connectivity index (χ0) is 11.3. The van der Waals surface area contributed by atoms with Crippen LogP contribution in [0, 0.1) is 0 Å². The van der Waals surface area contributed by atoms with E-state index in [-0.39, 0.29) is 13.0 Å². The molecule has 3 N–H and O–H groups in total. The van der Waals surface area contributed by atoms with E-state index in [4.69, 9.17) is 10.8 Å². The van der Waals surface area contributed by atoms with E-state index in [1.807, 2.05) is 0 Å². The minimum Gasteiger partial charge on any atom is -0.480 e. The molecule has 1 unspecified atom stereocenters. The maximum Gasteiger partial charge on any atom is 0.326 e. The molecule has 2 amide bonds. The van der Waals surface area contributed by atoms with Crippen LogP contribution in [0.3, 0.4) is 0 Å². The minimum absolute atomic E-state index is 0.145. The van der Waals surface area contributed by atoms with Gasteiger partial charge in [0.25, 0.3) is 0 Å². The maximum atomic E-state index is 11.2. The third kappa shape index (κ3) is 2.72. The van der Waals surface area contributed by atoms with Crippen LogP contribution in [0.5, 0.6) is 0 Å². The van der Waals surface area contributed by atoms with Crippen molar-refractivity contribution in [2.75, 3.05) is 6.54 Å². The second-order valence-corrected chi connectivity index (χ2v) is 2.72. The molecule has 0 radical (unpaired) electrons. The summed E-state index contributed by atoms with van der Waals surface area (Å²) in [5.74, 6) is -3.22. The van der Waals surface area contributed by atoms with E-state index < -0.39 is 23.8 Å². The van der Waals surface area contributed by atoms with Crippen LogP contribution in [0.4, 0.5) is 0 Å². The van der Waals surface area contributed by atoms with Crippen LogP contribution < -0.4 is 5.73 Å². The van der Waals surface area contributed by atoms with E-state index in [1.165, 1.54) is 0 Å². The summed E-state index contributed by atoms with van der Waals surface area (Å²) in [6.45, 7) is 3.36. The molecule has 0 spiro atoms. The van der Waals surface area contributed by atoms with E-state index in [0.717, 1.165) is 4.90 Å². The smallest absolute Gasteiger partial charge is 0.326 e. The van der Waals surface area contributed by atoms with Crippen LogP contribution in [0.25, 0.3) is 0 Å². The number of carboxylic acid groups (broad SMARTS) is 1. The number of nitrogens with two attached hydrogens (primary N) is 1. The van der Waals surface area contributed by atoms with Crippen LogP contribution >= 0.6 is 0 Å². The molecular weight excluding hydrogens is 188 g/mol. The van der Waals surface area contributed by atoms with E-state index in [2.05, 4.69) is 0 Å². The van der Waals surface area contributed by atoms with Crippen molar-refractivity contribution in [2.24, 2.45) is 5.73 Å². The van der Waals surface area contributed by atoms with Gasteiger partial charge in [-0.3, -0.25) is 9.59 Å². The van der Waals surface area contributed by atoms with Gasteiger partial charge >= 0.3 is 17.8 Å². The fourth-order valence-electron chi connectivity index (χ4n) is 1.18. The highest BCUT2D eigenvalue weighted by Crippen LogP contribution is 2.04. The second-order valence-electron chi connectivity index (χ2n) is 2.72. The van der Waals surface area contributed by atoms with Gasteiger partial charge in [0.2, 0.25) is 0 Å². The van der Waals surface area contributed by atoms with Gasteiger partial charge in [-0.1, -0.05) is 6.92 Å². The number of carbonyl (C=O) groups is 3. The molecule has 6 nitrogen and oxygen atoms in total. The van der Waals surface area contributed by atoms with E-state index in [9.17, 15) is 14.4 Å². The van der Waals surface area contributed by atoms with Gasteiger partial charge in [0.1, 0.15) is 6.04 Å². The number of nitrogens with zero attached hydrogens (tertiary/aromatic N) is 1. The Morgan fingerprint density at radius 3 is 2.07 bits per heavy atom. The average molecular weight is 202 g/mol. The van der Waals surface area contributed by atoms with Crippen molar-refractivity contribution in [2.45, 2.75) is 26.3 Å². The Kier molecular flexibility index (Phi) is 4.62. The summed E-state index contributed by atoms with van der Waals surface area (Å²) in [5, 5.41) is 8.76. The molecule has 0 aliphatic heterocycles. The predicted molar refractivity (Wildman–Crippen MR) is 48.3 cm³/mol. The predicted octanol–water partition coefficient (Wildman–Crippen LogP) is -0.817. The molecular formula is C8H14N2O4. The van der Waals surface area contributed by atoms with Gasteiger partial charge in [0, 0.05) is 6.54 Å². The topological polar surface area (TPSA) is 101 Å². The zero-order valence-electron chi connectivity index (χ0n) is 8.19. The van der Waals surface area contributed by atoms with Crippen LogP contribution in [0.1, 0.15) is 20.3 Å². The quantitative estimate of drug-likeness (QED) is 0.582. The van der Waals surface area contributed by atoms with Crippen LogP contribution in [0.15, 0.2) is 0 Å². The highest BCUT2D eigenvalue weighted by atomic mass is 16.4. The molecule has 0 saturated carbocycles. The Balaban J connectivity index is 4.76. The number of amides is 2. The number of hydrogen-bond acceptors (Lipinski definition) is 3. The minimum atomic E-state index is -1.14. The number of aliphatic carboxylic acids is 1. The summed E-state index contributed by atoms with van der Waals surface area (Å²) in [6.07, 6.45) is 0.238. The van der Waals surface area contributed by atoms with Crippen molar-refractivity contribution in [3.63, 3.8) is 0 Å². The number of rotatable bonds is 4. The standard InChI is InChI=1S/C8H14N2O4/c1-3-5(8(13)14)10(4-2)7(12)6(9)11/h5H,3-4H2,1-2H3,(H2,9,11)(H,13,14). The SMILES string of the molecule is CCC(C(=O)O)N(CC)C(=O)C(N)=O. The molecule has 0 heterocycles. The lowest BCUT2D eigenvalue weighted by Crippen LogP contribution is -2.49. The Morgan fingerprint density at radius 1 is 1.36 bits per heavy atom. The first-order valence-corrected chi connectivity index (χ1v) is 4.28. The number of carbonyl (C=O) groups excluding carboxylic acids is 2. The summed E-state index contributed by atoms with van der Waals surface area (Å²) < 4.78 is 0. The van der Waals surface area contributed by atoms with Gasteiger partial charge < -0.3 is 15.7 Å². The lowest BCUT2D eigenvalue weighted by atomic mass is 10.2. The Bertz CT molecular complexity index is 252. The maximum absolute atomic E-state index is 11.2. The molecule has 0 aromatic carbocycles. The molecule has 0 aromatic heterocycles. The fraction of sp³-hybridized carbons (Fsp3) is 0.625. The van der Waals surface area contributed by atoms with Gasteiger partial charge in [-0.2, -0.15) is 0 Å². The molecule has 0 saturated heterocycles. The summed E-state index contributed by atoms with van der Waals surface area (Å²) in [6, 6.07) is -0.986. The molecule has 0 bridgehead atoms. The zero-order valence-corrected chi connectivity index (χ0v) is 8.19. The highest BCUT2D eigenvalue weighted by Gasteiger charge is 2.29. The molecule has 0 aliphatic carbocycles. The Hall–Kier alpha value is -1.59. The first-order chi connectivity index (χ1) is 6.45. The lowest BCUT2D eigenvalue weighted by molar-refractivity contribution is -0.153. The first kappa shape index (κ1) is 12.4. The van der Waals surface area contributed by atoms with E-state index in [0.29, 0.717) is 0 Å². The monoisotopic (exact) mass is 202 g/mol. The van der Waals surface area contributed by atoms with Crippen molar-refractivity contribution in [1.29, 1.82) is 0 Å². The molecule has 0 aromatic rings. The molecule has 6 heteroatoms. The number of hydrogen-bond donors (Lipinski definition) is 2. The van der Waals surface area contributed by atoms with Crippen molar-refractivity contribution in [3.8, 4) is 0 Å². The van der Waals surface area contributed by atoms with Crippen molar-refractivity contribution >= 4 is 17.8 Å². The second kappa shape index (κ2) is 5.21. The van der Waals surface area contributed by atoms with E-state index >= 15 is 0 Å². The Labute approximate surface area is 81.7 Å². The van der Waals surface area contributed by atoms with Crippen LogP contribution in [-0.2, 0) is 14.4 Å². The van der Waals surface area contributed by atoms with Gasteiger partial charge in [0.05, 0.1) is 0 Å². The lowest BCUT2D eigenvalue weighted by Gasteiger charge is -2.25. The van der Waals surface area contributed by atoms with Crippen LogP contribution in [-0.4, -0.2) is 40.4 Å².